The van der Waals surface area contributed by atoms with Gasteiger partial charge in [-0.3, -0.25) is 10.1 Å². The first-order chi connectivity index (χ1) is 9.47. The predicted octanol–water partition coefficient (Wildman–Crippen LogP) is 3.17. The zero-order valence-electron chi connectivity index (χ0n) is 10.6. The topological polar surface area (TPSA) is 106 Å². The van der Waals surface area contributed by atoms with Gasteiger partial charge in [-0.2, -0.15) is 0 Å². The number of nitrogens with two attached hydrogens (primary N) is 1. The van der Waals surface area contributed by atoms with Gasteiger partial charge in [-0.05, 0) is 18.1 Å². The summed E-state index contributed by atoms with van der Waals surface area (Å²) in [5, 5.41) is 20.2. The van der Waals surface area contributed by atoms with Crippen LogP contribution < -0.4 is 5.73 Å². The normalized spacial score (nSPS) is 10.4. The minimum absolute atomic E-state index is 0.0231. The molecule has 0 amide bonds. The maximum absolute atomic E-state index is 11.1. The second-order valence-electron chi connectivity index (χ2n) is 4.09. The Balaban J connectivity index is 2.73. The fraction of sp³-hybridized carbons (Fsp3) is 0.154. The Hall–Kier alpha value is -2.41. The van der Waals surface area contributed by atoms with E-state index in [0.29, 0.717) is 22.4 Å². The Morgan fingerprint density at radius 3 is 2.65 bits per heavy atom. The minimum atomic E-state index is -1.12. The SMILES string of the molecule is CCc1c(-c2ccccc2[N+](=O)[O-])sc(C(=O)O)c1N. The van der Waals surface area contributed by atoms with Gasteiger partial charge in [0.25, 0.3) is 5.69 Å². The highest BCUT2D eigenvalue weighted by Gasteiger charge is 2.24. The zero-order valence-corrected chi connectivity index (χ0v) is 11.4. The summed E-state index contributed by atoms with van der Waals surface area (Å²) in [6.07, 6.45) is 0.511. The van der Waals surface area contributed by atoms with E-state index in [1.807, 2.05) is 6.92 Å². The van der Waals surface area contributed by atoms with E-state index in [2.05, 4.69) is 0 Å². The molecule has 1 aromatic carbocycles. The van der Waals surface area contributed by atoms with Crippen LogP contribution >= 0.6 is 11.3 Å². The Kier molecular flexibility index (Phi) is 3.71. The molecule has 0 aliphatic heterocycles. The number of para-hydroxylation sites is 1. The molecule has 2 aromatic rings. The molecule has 104 valence electrons. The molecular weight excluding hydrogens is 280 g/mol. The number of hydrogen-bond donors (Lipinski definition) is 2. The van der Waals surface area contributed by atoms with E-state index in [9.17, 15) is 14.9 Å². The molecule has 1 aromatic heterocycles. The van der Waals surface area contributed by atoms with E-state index in [0.717, 1.165) is 11.3 Å². The maximum Gasteiger partial charge on any atom is 0.348 e. The molecule has 0 atom stereocenters. The third-order valence-corrected chi connectivity index (χ3v) is 4.21. The van der Waals surface area contributed by atoms with Crippen LogP contribution in [0.1, 0.15) is 22.2 Å². The number of anilines is 1. The molecule has 0 aliphatic carbocycles. The van der Waals surface area contributed by atoms with Gasteiger partial charge < -0.3 is 10.8 Å². The number of rotatable bonds is 4. The first-order valence-corrected chi connectivity index (χ1v) is 6.67. The van der Waals surface area contributed by atoms with Crippen molar-refractivity contribution in [2.24, 2.45) is 0 Å². The fourth-order valence-electron chi connectivity index (χ4n) is 2.03. The maximum atomic E-state index is 11.1. The molecule has 6 nitrogen and oxygen atoms in total. The number of nitrogen functional groups attached to an aromatic ring is 1. The van der Waals surface area contributed by atoms with Gasteiger partial charge in [-0.25, -0.2) is 4.79 Å². The van der Waals surface area contributed by atoms with E-state index >= 15 is 0 Å². The predicted molar refractivity (Wildman–Crippen MR) is 77.2 cm³/mol. The molecule has 0 saturated carbocycles. The Bertz CT molecular complexity index is 694. The van der Waals surface area contributed by atoms with Crippen LogP contribution in [0.5, 0.6) is 0 Å². The first kappa shape index (κ1) is 14.0. The number of benzene rings is 1. The van der Waals surface area contributed by atoms with Crippen molar-refractivity contribution < 1.29 is 14.8 Å². The van der Waals surface area contributed by atoms with Crippen LogP contribution in [0.15, 0.2) is 24.3 Å². The van der Waals surface area contributed by atoms with Crippen molar-refractivity contribution in [2.75, 3.05) is 5.73 Å². The monoisotopic (exact) mass is 292 g/mol. The summed E-state index contributed by atoms with van der Waals surface area (Å²) in [4.78, 5) is 22.3. The number of aromatic carboxylic acids is 1. The van der Waals surface area contributed by atoms with Crippen LogP contribution in [-0.4, -0.2) is 16.0 Å². The van der Waals surface area contributed by atoms with Crippen molar-refractivity contribution in [3.05, 3.63) is 44.8 Å². The van der Waals surface area contributed by atoms with E-state index < -0.39 is 10.9 Å². The highest BCUT2D eigenvalue weighted by atomic mass is 32.1. The summed E-state index contributed by atoms with van der Waals surface area (Å²) in [6, 6.07) is 6.25. The Labute approximate surface area is 118 Å². The lowest BCUT2D eigenvalue weighted by molar-refractivity contribution is -0.384. The summed E-state index contributed by atoms with van der Waals surface area (Å²) >= 11 is 0.974. The Morgan fingerprint density at radius 2 is 2.10 bits per heavy atom. The lowest BCUT2D eigenvalue weighted by Crippen LogP contribution is -1.99. The van der Waals surface area contributed by atoms with E-state index in [-0.39, 0.29) is 16.3 Å². The highest BCUT2D eigenvalue weighted by Crippen LogP contribution is 2.42. The fourth-order valence-corrected chi connectivity index (χ4v) is 3.21. The van der Waals surface area contributed by atoms with Crippen molar-refractivity contribution in [1.82, 2.24) is 0 Å². The van der Waals surface area contributed by atoms with Crippen LogP contribution in [0.2, 0.25) is 0 Å². The molecule has 3 N–H and O–H groups in total. The van der Waals surface area contributed by atoms with Crippen molar-refractivity contribution >= 4 is 28.7 Å². The Morgan fingerprint density at radius 1 is 1.45 bits per heavy atom. The van der Waals surface area contributed by atoms with Gasteiger partial charge in [0.15, 0.2) is 0 Å². The lowest BCUT2D eigenvalue weighted by Gasteiger charge is -2.03. The van der Waals surface area contributed by atoms with Crippen LogP contribution in [0, 0.1) is 10.1 Å². The molecule has 0 aliphatic rings. The van der Waals surface area contributed by atoms with Gasteiger partial charge in [-0.15, -0.1) is 11.3 Å². The van der Waals surface area contributed by atoms with Gasteiger partial charge in [0.05, 0.1) is 16.2 Å². The highest BCUT2D eigenvalue weighted by molar-refractivity contribution is 7.18. The molecule has 7 heteroatoms. The molecule has 0 saturated heterocycles. The van der Waals surface area contributed by atoms with Crippen molar-refractivity contribution in [2.45, 2.75) is 13.3 Å². The molecule has 1 heterocycles. The average molecular weight is 292 g/mol. The second kappa shape index (κ2) is 5.30. The molecule has 0 radical (unpaired) electrons. The van der Waals surface area contributed by atoms with Gasteiger partial charge >= 0.3 is 5.97 Å². The van der Waals surface area contributed by atoms with Crippen LogP contribution in [-0.2, 0) is 6.42 Å². The van der Waals surface area contributed by atoms with Crippen molar-refractivity contribution in [3.63, 3.8) is 0 Å². The van der Waals surface area contributed by atoms with E-state index in [4.69, 9.17) is 10.8 Å². The number of thiophene rings is 1. The molecule has 0 spiro atoms. The number of nitro groups is 1. The molecule has 0 bridgehead atoms. The van der Waals surface area contributed by atoms with Gasteiger partial charge in [0.1, 0.15) is 4.88 Å². The largest absolute Gasteiger partial charge is 0.477 e. The standard InChI is InChI=1S/C13H12N2O4S/c1-2-7-10(14)12(13(16)17)20-11(7)8-5-3-4-6-9(8)15(18)19/h3-6H,2,14H2,1H3,(H,16,17). The minimum Gasteiger partial charge on any atom is -0.477 e. The van der Waals surface area contributed by atoms with Crippen LogP contribution in [0.4, 0.5) is 11.4 Å². The summed E-state index contributed by atoms with van der Waals surface area (Å²) in [5.41, 5.74) is 7.02. The lowest BCUT2D eigenvalue weighted by atomic mass is 10.0. The average Bonchev–Trinajstić information content (AvgIpc) is 2.75. The van der Waals surface area contributed by atoms with Crippen LogP contribution in [0.25, 0.3) is 10.4 Å². The summed E-state index contributed by atoms with van der Waals surface area (Å²) < 4.78 is 0. The third-order valence-electron chi connectivity index (χ3n) is 2.94. The smallest absolute Gasteiger partial charge is 0.348 e. The van der Waals surface area contributed by atoms with Crippen LogP contribution in [0.3, 0.4) is 0 Å². The van der Waals surface area contributed by atoms with E-state index in [1.54, 1.807) is 18.2 Å². The number of hydrogen-bond acceptors (Lipinski definition) is 5. The number of carboxylic acid groups (broad SMARTS) is 1. The molecule has 0 fully saturated rings. The molecule has 2 rings (SSSR count). The van der Waals surface area contributed by atoms with Crippen molar-refractivity contribution in [1.29, 1.82) is 0 Å². The molecule has 20 heavy (non-hydrogen) atoms. The van der Waals surface area contributed by atoms with Crippen molar-refractivity contribution in [3.8, 4) is 10.4 Å². The summed E-state index contributed by atoms with van der Waals surface area (Å²) in [7, 11) is 0. The van der Waals surface area contributed by atoms with Gasteiger partial charge in [-0.1, -0.05) is 19.1 Å². The third kappa shape index (κ3) is 2.23. The number of nitro benzene ring substituents is 1. The quantitative estimate of drug-likeness (QED) is 0.665. The van der Waals surface area contributed by atoms with Gasteiger partial charge in [0.2, 0.25) is 0 Å². The summed E-state index contributed by atoms with van der Waals surface area (Å²) in [6.45, 7) is 1.84. The molecule has 0 unspecified atom stereocenters. The second-order valence-corrected chi connectivity index (χ2v) is 5.11. The number of nitrogens with zero attached hydrogens (tertiary/aromatic N) is 1. The molecular formula is C13H12N2O4S. The summed E-state index contributed by atoms with van der Waals surface area (Å²) in [5.74, 6) is -1.12. The van der Waals surface area contributed by atoms with Gasteiger partial charge in [0, 0.05) is 10.9 Å². The number of carbonyl (C=O) groups is 1. The zero-order chi connectivity index (χ0) is 14.9. The first-order valence-electron chi connectivity index (χ1n) is 5.85. The number of carboxylic acids is 1. The van der Waals surface area contributed by atoms with E-state index in [1.165, 1.54) is 6.07 Å².